The van der Waals surface area contributed by atoms with Crippen LogP contribution in [0.2, 0.25) is 0 Å². The third-order valence-corrected chi connectivity index (χ3v) is 4.23. The average molecular weight is 437 g/mol. The second-order valence-corrected chi connectivity index (χ2v) is 5.69. The molecule has 1 saturated heterocycles. The number of benzene rings is 1. The molecule has 22 heavy (non-hydrogen) atoms. The van der Waals surface area contributed by atoms with Gasteiger partial charge in [0.2, 0.25) is 11.8 Å². The largest absolute Gasteiger partial charge is 0.496 e. The van der Waals surface area contributed by atoms with E-state index in [1.807, 2.05) is 6.07 Å². The fourth-order valence-corrected chi connectivity index (χ4v) is 2.56. The number of carboxylic acid groups (broad SMARTS) is 1. The molecule has 0 unspecified atom stereocenters. The zero-order valence-corrected chi connectivity index (χ0v) is 15.0. The van der Waals surface area contributed by atoms with Crippen molar-refractivity contribution in [2.45, 2.75) is 24.6 Å². The zero-order chi connectivity index (χ0) is 16.7. The van der Waals surface area contributed by atoms with Crippen molar-refractivity contribution in [1.29, 1.82) is 0 Å². The minimum atomic E-state index is -0.823. The Bertz CT molecular complexity index is 560. The molecule has 0 saturated carbocycles. The molecule has 1 aromatic carbocycles. The van der Waals surface area contributed by atoms with Crippen LogP contribution in [0.25, 0.3) is 0 Å². The first kappa shape index (κ1) is 18.6. The third kappa shape index (κ3) is 5.42. The quantitative estimate of drug-likeness (QED) is 0.445. The summed E-state index contributed by atoms with van der Waals surface area (Å²) in [6.45, 7) is 0. The molecule has 1 aromatic rings. The topological polar surface area (TPSA) is 83.9 Å². The molecule has 2 rings (SSSR count). The minimum absolute atomic E-state index is 0.0456. The summed E-state index contributed by atoms with van der Waals surface area (Å²) in [4.78, 5) is 31.4. The van der Waals surface area contributed by atoms with Gasteiger partial charge in [0.25, 0.3) is 0 Å². The van der Waals surface area contributed by atoms with Crippen LogP contribution in [-0.2, 0) is 26.1 Å². The number of ether oxygens (including phenoxy) is 1. The van der Waals surface area contributed by atoms with Crippen molar-refractivity contribution in [2.24, 2.45) is 0 Å². The highest BCUT2D eigenvalue weighted by atomic mass is 79.9. The molecule has 1 fully saturated rings. The number of carbonyl (C=O) groups is 3. The Morgan fingerprint density at radius 1 is 1.32 bits per heavy atom. The van der Waals surface area contributed by atoms with Crippen LogP contribution in [0.5, 0.6) is 5.75 Å². The van der Waals surface area contributed by atoms with Gasteiger partial charge < -0.3 is 9.84 Å². The Morgan fingerprint density at radius 2 is 1.91 bits per heavy atom. The summed E-state index contributed by atoms with van der Waals surface area (Å²) in [5.41, 5.74) is 1.75. The molecule has 0 bridgehead atoms. The fraction of sp³-hybridized carbons (Fsp3) is 0.357. The van der Waals surface area contributed by atoms with Crippen molar-refractivity contribution < 1.29 is 24.2 Å². The number of alkyl halides is 1. The van der Waals surface area contributed by atoms with Gasteiger partial charge in [-0.05, 0) is 11.6 Å². The molecule has 0 radical (unpaired) electrons. The maximum Gasteiger partial charge on any atom is 0.307 e. The second-order valence-electron chi connectivity index (χ2n) is 4.42. The van der Waals surface area contributed by atoms with Crippen LogP contribution < -0.4 is 4.74 Å². The van der Waals surface area contributed by atoms with Crippen molar-refractivity contribution in [2.75, 3.05) is 7.11 Å². The Kier molecular flexibility index (Phi) is 7.53. The highest BCUT2D eigenvalue weighted by Crippen LogP contribution is 2.22. The number of rotatable bonds is 4. The Hall–Kier alpha value is -1.41. The third-order valence-electron chi connectivity index (χ3n) is 2.83. The van der Waals surface area contributed by atoms with E-state index in [4.69, 9.17) is 9.84 Å². The lowest BCUT2D eigenvalue weighted by molar-refractivity contribution is -0.136. The summed E-state index contributed by atoms with van der Waals surface area (Å²) in [6.07, 6.45) is 0.748. The number of carboxylic acids is 1. The van der Waals surface area contributed by atoms with Gasteiger partial charge in [0, 0.05) is 23.7 Å². The monoisotopic (exact) mass is 435 g/mol. The van der Waals surface area contributed by atoms with E-state index in [-0.39, 0.29) is 18.2 Å². The Morgan fingerprint density at radius 3 is 2.27 bits per heavy atom. The summed E-state index contributed by atoms with van der Waals surface area (Å²) in [5.74, 6) is -0.336. The molecule has 120 valence electrons. The van der Waals surface area contributed by atoms with Crippen LogP contribution >= 0.6 is 32.1 Å². The van der Waals surface area contributed by atoms with Crippen molar-refractivity contribution in [3.8, 4) is 5.75 Å². The van der Waals surface area contributed by atoms with Crippen LogP contribution in [-0.4, -0.2) is 33.9 Å². The van der Waals surface area contributed by atoms with Gasteiger partial charge in [0.1, 0.15) is 5.75 Å². The van der Waals surface area contributed by atoms with E-state index in [0.29, 0.717) is 18.2 Å². The van der Waals surface area contributed by atoms with Gasteiger partial charge in [-0.3, -0.25) is 14.4 Å². The molecular formula is C14H15Br2NO5. The number of halogens is 2. The number of imide groups is 1. The standard InChI is InChI=1S/C10H11BrO3.C4H4BrNO2/c1-14-9-3-2-7(5-10(12)13)4-8(9)6-11;5-6-3(7)1-2-4(6)8/h2-4H,5-6H2,1H3,(H,12,13);1-2H2. The van der Waals surface area contributed by atoms with Crippen molar-refractivity contribution in [1.82, 2.24) is 3.93 Å². The first-order chi connectivity index (χ1) is 10.4. The van der Waals surface area contributed by atoms with E-state index in [9.17, 15) is 14.4 Å². The van der Waals surface area contributed by atoms with Crippen LogP contribution in [0.1, 0.15) is 24.0 Å². The number of nitrogens with zero attached hydrogens (tertiary/aromatic N) is 1. The molecular weight excluding hydrogens is 422 g/mol. The summed E-state index contributed by atoms with van der Waals surface area (Å²) < 4.78 is 6.10. The maximum atomic E-state index is 10.5. The molecule has 1 N–H and O–H groups in total. The number of amides is 2. The SMILES string of the molecule is COc1ccc(CC(=O)O)cc1CBr.O=C1CCC(=O)N1Br. The first-order valence-corrected chi connectivity index (χ1v) is 8.17. The number of methoxy groups -OCH3 is 1. The summed E-state index contributed by atoms with van der Waals surface area (Å²) >= 11 is 6.13. The predicted molar refractivity (Wildman–Crippen MR) is 87.0 cm³/mol. The molecule has 8 heteroatoms. The lowest BCUT2D eigenvalue weighted by Crippen LogP contribution is -2.16. The molecule has 1 aliphatic heterocycles. The highest BCUT2D eigenvalue weighted by Gasteiger charge is 2.26. The number of hydrogen-bond donors (Lipinski definition) is 1. The smallest absolute Gasteiger partial charge is 0.307 e. The molecule has 1 heterocycles. The molecule has 0 aliphatic carbocycles. The van der Waals surface area contributed by atoms with Gasteiger partial charge in [-0.1, -0.05) is 28.1 Å². The van der Waals surface area contributed by atoms with E-state index in [1.165, 1.54) is 0 Å². The molecule has 6 nitrogen and oxygen atoms in total. The lowest BCUT2D eigenvalue weighted by atomic mass is 10.1. The Labute approximate surface area is 144 Å². The fourth-order valence-electron chi connectivity index (χ4n) is 1.77. The van der Waals surface area contributed by atoms with E-state index in [2.05, 4.69) is 32.1 Å². The van der Waals surface area contributed by atoms with Gasteiger partial charge in [0.05, 0.1) is 29.7 Å². The number of carbonyl (C=O) groups excluding carboxylic acids is 2. The van der Waals surface area contributed by atoms with E-state index < -0.39 is 5.97 Å². The average Bonchev–Trinajstić information content (AvgIpc) is 2.78. The summed E-state index contributed by atoms with van der Waals surface area (Å²) in [7, 11) is 1.60. The maximum absolute atomic E-state index is 10.5. The van der Waals surface area contributed by atoms with Gasteiger partial charge in [-0.2, -0.15) is 0 Å². The Balaban J connectivity index is 0.000000255. The normalized spacial score (nSPS) is 13.7. The molecule has 0 aromatic heterocycles. The molecule has 2 amide bonds. The molecule has 0 spiro atoms. The van der Waals surface area contributed by atoms with Gasteiger partial charge in [0.15, 0.2) is 0 Å². The second kappa shape index (κ2) is 8.89. The van der Waals surface area contributed by atoms with Crippen LogP contribution in [0, 0.1) is 0 Å². The number of hydrogen-bond acceptors (Lipinski definition) is 4. The lowest BCUT2D eigenvalue weighted by Gasteiger charge is -2.07. The van der Waals surface area contributed by atoms with Gasteiger partial charge in [-0.25, -0.2) is 3.93 Å². The van der Waals surface area contributed by atoms with Crippen LogP contribution in [0.15, 0.2) is 18.2 Å². The number of aliphatic carboxylic acids is 1. The van der Waals surface area contributed by atoms with Crippen molar-refractivity contribution >= 4 is 49.9 Å². The minimum Gasteiger partial charge on any atom is -0.496 e. The van der Waals surface area contributed by atoms with E-state index >= 15 is 0 Å². The molecule has 1 aliphatic rings. The van der Waals surface area contributed by atoms with E-state index in [0.717, 1.165) is 20.8 Å². The van der Waals surface area contributed by atoms with Gasteiger partial charge in [-0.15, -0.1) is 0 Å². The van der Waals surface area contributed by atoms with Crippen molar-refractivity contribution in [3.63, 3.8) is 0 Å². The van der Waals surface area contributed by atoms with E-state index in [1.54, 1.807) is 19.2 Å². The van der Waals surface area contributed by atoms with Crippen LogP contribution in [0.3, 0.4) is 0 Å². The molecule has 0 atom stereocenters. The van der Waals surface area contributed by atoms with Crippen LogP contribution in [0.4, 0.5) is 0 Å². The highest BCUT2D eigenvalue weighted by molar-refractivity contribution is 9.08. The summed E-state index contributed by atoms with van der Waals surface area (Å²) in [6, 6.07) is 5.38. The van der Waals surface area contributed by atoms with Crippen molar-refractivity contribution in [3.05, 3.63) is 29.3 Å². The predicted octanol–water partition coefficient (Wildman–Crippen LogP) is 2.66. The zero-order valence-electron chi connectivity index (χ0n) is 11.8. The summed E-state index contributed by atoms with van der Waals surface area (Å²) in [5, 5.41) is 9.27. The first-order valence-electron chi connectivity index (χ1n) is 6.34. The van der Waals surface area contributed by atoms with Gasteiger partial charge >= 0.3 is 5.97 Å².